The summed E-state index contributed by atoms with van der Waals surface area (Å²) in [6, 6.07) is 6.44. The first-order valence-electron chi connectivity index (χ1n) is 7.03. The molecule has 3 N–H and O–H groups in total. The molecule has 3 unspecified atom stereocenters. The number of rotatable bonds is 4. The first-order valence-corrected chi connectivity index (χ1v) is 7.41. The van der Waals surface area contributed by atoms with Crippen LogP contribution in [0.25, 0.3) is 0 Å². The van der Waals surface area contributed by atoms with E-state index in [9.17, 15) is 9.59 Å². The van der Waals surface area contributed by atoms with Crippen LogP contribution < -0.4 is 16.0 Å². The van der Waals surface area contributed by atoms with Crippen LogP contribution in [-0.4, -0.2) is 30.4 Å². The third-order valence-corrected chi connectivity index (χ3v) is 4.19. The zero-order valence-corrected chi connectivity index (χ0v) is 12.9. The highest BCUT2D eigenvalue weighted by atomic mass is 35.5. The lowest BCUT2D eigenvalue weighted by Crippen LogP contribution is -2.46. The zero-order chi connectivity index (χ0) is 15.6. The van der Waals surface area contributed by atoms with Gasteiger partial charge >= 0.3 is 0 Å². The Morgan fingerprint density at radius 1 is 1.43 bits per heavy atom. The highest BCUT2D eigenvalue weighted by Crippen LogP contribution is 2.29. The van der Waals surface area contributed by atoms with Gasteiger partial charge in [0.1, 0.15) is 6.04 Å². The van der Waals surface area contributed by atoms with E-state index >= 15 is 0 Å². The minimum Gasteiger partial charge on any atom is -0.344 e. The fourth-order valence-electron chi connectivity index (χ4n) is 2.27. The second kappa shape index (κ2) is 6.45. The number of carbonyl (C=O) groups excluding carboxylic acids is 2. The molecule has 21 heavy (non-hydrogen) atoms. The van der Waals surface area contributed by atoms with E-state index in [4.69, 9.17) is 17.3 Å². The molecule has 0 aromatic heterocycles. The van der Waals surface area contributed by atoms with Gasteiger partial charge in [0.15, 0.2) is 0 Å². The van der Waals surface area contributed by atoms with Crippen LogP contribution >= 0.6 is 11.6 Å². The smallest absolute Gasteiger partial charge is 0.249 e. The number of benzene rings is 1. The summed E-state index contributed by atoms with van der Waals surface area (Å²) >= 11 is 6.12. The molecular formula is C15H20ClN3O2. The molecule has 0 spiro atoms. The monoisotopic (exact) mass is 309 g/mol. The highest BCUT2D eigenvalue weighted by Gasteiger charge is 2.35. The summed E-state index contributed by atoms with van der Waals surface area (Å²) in [5.41, 5.74) is 6.39. The predicted molar refractivity (Wildman–Crippen MR) is 83.2 cm³/mol. The molecule has 1 heterocycles. The number of amides is 2. The van der Waals surface area contributed by atoms with Gasteiger partial charge in [-0.1, -0.05) is 30.7 Å². The van der Waals surface area contributed by atoms with Crippen molar-refractivity contribution < 1.29 is 9.59 Å². The van der Waals surface area contributed by atoms with Crippen molar-refractivity contribution >= 4 is 29.1 Å². The molecule has 0 aliphatic carbocycles. The fraction of sp³-hybridized carbons (Fsp3) is 0.467. The molecule has 2 amide bonds. The molecular weight excluding hydrogens is 290 g/mol. The predicted octanol–water partition coefficient (Wildman–Crippen LogP) is 1.54. The molecule has 5 nitrogen and oxygen atoms in total. The zero-order valence-electron chi connectivity index (χ0n) is 12.2. The van der Waals surface area contributed by atoms with Crippen molar-refractivity contribution in [2.75, 3.05) is 11.4 Å². The fourth-order valence-corrected chi connectivity index (χ4v) is 2.50. The number of nitrogens with two attached hydrogens (primary N) is 1. The topological polar surface area (TPSA) is 75.4 Å². The van der Waals surface area contributed by atoms with Gasteiger partial charge in [-0.25, -0.2) is 0 Å². The van der Waals surface area contributed by atoms with Gasteiger partial charge in [-0.2, -0.15) is 0 Å². The minimum atomic E-state index is -0.505. The molecule has 2 rings (SSSR count). The molecule has 3 atom stereocenters. The van der Waals surface area contributed by atoms with Crippen molar-refractivity contribution in [3.05, 3.63) is 29.3 Å². The van der Waals surface area contributed by atoms with Gasteiger partial charge < -0.3 is 16.0 Å². The summed E-state index contributed by atoms with van der Waals surface area (Å²) in [7, 11) is 0. The Morgan fingerprint density at radius 2 is 2.10 bits per heavy atom. The number of halogens is 1. The highest BCUT2D eigenvalue weighted by molar-refractivity contribution is 6.34. The van der Waals surface area contributed by atoms with Gasteiger partial charge in [0.05, 0.1) is 10.7 Å². The average Bonchev–Trinajstić information content (AvgIpc) is 2.80. The lowest BCUT2D eigenvalue weighted by Gasteiger charge is -2.20. The first kappa shape index (κ1) is 15.8. The number of nitrogens with zero attached hydrogens (tertiary/aromatic N) is 1. The number of hydrogen-bond donors (Lipinski definition) is 2. The summed E-state index contributed by atoms with van der Waals surface area (Å²) in [5.74, 6) is -0.648. The quantitative estimate of drug-likeness (QED) is 0.886. The lowest BCUT2D eigenvalue weighted by molar-refractivity contribution is -0.129. The Morgan fingerprint density at radius 3 is 2.71 bits per heavy atom. The van der Waals surface area contributed by atoms with E-state index in [1.54, 1.807) is 30.9 Å². The van der Waals surface area contributed by atoms with E-state index in [0.717, 1.165) is 0 Å². The number of nitrogens with one attached hydrogen (secondary N) is 1. The van der Waals surface area contributed by atoms with E-state index in [1.165, 1.54) is 0 Å². The van der Waals surface area contributed by atoms with Crippen molar-refractivity contribution in [1.29, 1.82) is 0 Å². The Balaban J connectivity index is 2.06. The van der Waals surface area contributed by atoms with Gasteiger partial charge in [0.2, 0.25) is 11.8 Å². The van der Waals surface area contributed by atoms with Crippen LogP contribution in [0.1, 0.15) is 20.3 Å². The summed E-state index contributed by atoms with van der Waals surface area (Å²) in [6.07, 6.45) is 0.571. The maximum Gasteiger partial charge on any atom is 0.249 e. The van der Waals surface area contributed by atoms with Crippen molar-refractivity contribution in [3.8, 4) is 0 Å². The Kier molecular flexibility index (Phi) is 4.85. The Hall–Kier alpha value is -1.59. The van der Waals surface area contributed by atoms with Crippen LogP contribution in [0.5, 0.6) is 0 Å². The van der Waals surface area contributed by atoms with Crippen molar-refractivity contribution in [2.24, 2.45) is 11.7 Å². The van der Waals surface area contributed by atoms with E-state index in [1.807, 2.05) is 12.1 Å². The molecule has 0 radical (unpaired) electrons. The SMILES string of the molecule is CC(N)C(C)C(=O)NC1CCN(c2ccccc2Cl)C1=O. The average molecular weight is 310 g/mol. The number of para-hydroxylation sites is 1. The lowest BCUT2D eigenvalue weighted by atomic mass is 10.0. The summed E-state index contributed by atoms with van der Waals surface area (Å²) in [5, 5.41) is 3.31. The van der Waals surface area contributed by atoms with E-state index in [2.05, 4.69) is 5.32 Å². The summed E-state index contributed by atoms with van der Waals surface area (Å²) in [6.45, 7) is 4.07. The summed E-state index contributed by atoms with van der Waals surface area (Å²) in [4.78, 5) is 26.0. The van der Waals surface area contributed by atoms with E-state index < -0.39 is 6.04 Å². The van der Waals surface area contributed by atoms with Gasteiger partial charge in [-0.3, -0.25) is 9.59 Å². The molecule has 1 fully saturated rings. The molecule has 1 aromatic carbocycles. The van der Waals surface area contributed by atoms with Crippen LogP contribution in [0.15, 0.2) is 24.3 Å². The maximum atomic E-state index is 12.4. The second-order valence-electron chi connectivity index (χ2n) is 5.44. The maximum absolute atomic E-state index is 12.4. The standard InChI is InChI=1S/C15H20ClN3O2/c1-9(10(2)17)14(20)18-12-7-8-19(15(12)21)13-6-4-3-5-11(13)16/h3-6,9-10,12H,7-8,17H2,1-2H3,(H,18,20). The van der Waals surface area contributed by atoms with Crippen LogP contribution in [0.2, 0.25) is 5.02 Å². The number of carbonyl (C=O) groups is 2. The Bertz CT molecular complexity index is 547. The third kappa shape index (κ3) is 3.36. The number of hydrogen-bond acceptors (Lipinski definition) is 3. The van der Waals surface area contributed by atoms with Crippen molar-refractivity contribution in [1.82, 2.24) is 5.32 Å². The third-order valence-electron chi connectivity index (χ3n) is 3.87. The van der Waals surface area contributed by atoms with Gasteiger partial charge in [-0.15, -0.1) is 0 Å². The van der Waals surface area contributed by atoms with Crippen LogP contribution in [0.4, 0.5) is 5.69 Å². The van der Waals surface area contributed by atoms with Gasteiger partial charge in [-0.05, 0) is 25.5 Å². The van der Waals surface area contributed by atoms with Crippen LogP contribution in [0, 0.1) is 5.92 Å². The molecule has 1 aliphatic heterocycles. The minimum absolute atomic E-state index is 0.131. The van der Waals surface area contributed by atoms with Gasteiger partial charge in [0.25, 0.3) is 0 Å². The normalized spacial score (nSPS) is 21.2. The van der Waals surface area contributed by atoms with E-state index in [0.29, 0.717) is 23.7 Å². The molecule has 0 bridgehead atoms. The van der Waals surface area contributed by atoms with Crippen molar-refractivity contribution in [3.63, 3.8) is 0 Å². The molecule has 0 saturated carbocycles. The first-order chi connectivity index (χ1) is 9.91. The molecule has 1 aliphatic rings. The van der Waals surface area contributed by atoms with Crippen LogP contribution in [-0.2, 0) is 9.59 Å². The molecule has 1 saturated heterocycles. The van der Waals surface area contributed by atoms with Gasteiger partial charge in [0, 0.05) is 18.5 Å². The molecule has 114 valence electrons. The van der Waals surface area contributed by atoms with E-state index in [-0.39, 0.29) is 23.8 Å². The van der Waals surface area contributed by atoms with Crippen molar-refractivity contribution in [2.45, 2.75) is 32.4 Å². The Labute approximate surface area is 129 Å². The summed E-state index contributed by atoms with van der Waals surface area (Å²) < 4.78 is 0. The van der Waals surface area contributed by atoms with Crippen LogP contribution in [0.3, 0.4) is 0 Å². The number of anilines is 1. The second-order valence-corrected chi connectivity index (χ2v) is 5.85. The largest absolute Gasteiger partial charge is 0.344 e. The molecule has 6 heteroatoms. The molecule has 1 aromatic rings.